The van der Waals surface area contributed by atoms with Gasteiger partial charge in [0.15, 0.2) is 0 Å². The van der Waals surface area contributed by atoms with E-state index in [0.29, 0.717) is 11.4 Å². The zero-order valence-corrected chi connectivity index (χ0v) is 12.9. The van der Waals surface area contributed by atoms with E-state index in [1.54, 1.807) is 0 Å². The molecule has 0 saturated heterocycles. The SMILES string of the molecule is O=C1Nc2ccc(Br)cc2O[C@H]1c1ccc(Br)cc1. The molecule has 96 valence electrons. The quantitative estimate of drug-likeness (QED) is 0.799. The molecule has 19 heavy (non-hydrogen) atoms. The average Bonchev–Trinajstić information content (AvgIpc) is 2.40. The largest absolute Gasteiger partial charge is 0.474 e. The smallest absolute Gasteiger partial charge is 0.270 e. The normalized spacial score (nSPS) is 17.4. The van der Waals surface area contributed by atoms with Gasteiger partial charge in [-0.25, -0.2) is 0 Å². The average molecular weight is 383 g/mol. The molecule has 0 aromatic heterocycles. The van der Waals surface area contributed by atoms with Gasteiger partial charge in [0.2, 0.25) is 6.10 Å². The van der Waals surface area contributed by atoms with Gasteiger partial charge < -0.3 is 10.1 Å². The van der Waals surface area contributed by atoms with Crippen molar-refractivity contribution < 1.29 is 9.53 Å². The number of carbonyl (C=O) groups excluding carboxylic acids is 1. The Hall–Kier alpha value is -1.33. The lowest BCUT2D eigenvalue weighted by Gasteiger charge is -2.26. The number of hydrogen-bond acceptors (Lipinski definition) is 2. The first-order chi connectivity index (χ1) is 9.13. The monoisotopic (exact) mass is 381 g/mol. The predicted octanol–water partition coefficient (Wildman–Crippen LogP) is 4.28. The number of fused-ring (bicyclic) bond motifs is 1. The molecule has 1 aliphatic rings. The van der Waals surface area contributed by atoms with Crippen molar-refractivity contribution in [2.24, 2.45) is 0 Å². The summed E-state index contributed by atoms with van der Waals surface area (Å²) < 4.78 is 7.68. The van der Waals surface area contributed by atoms with E-state index in [1.807, 2.05) is 42.5 Å². The van der Waals surface area contributed by atoms with Crippen molar-refractivity contribution >= 4 is 43.5 Å². The van der Waals surface area contributed by atoms with Gasteiger partial charge in [-0.3, -0.25) is 4.79 Å². The van der Waals surface area contributed by atoms with Gasteiger partial charge in [-0.05, 0) is 30.3 Å². The van der Waals surface area contributed by atoms with Crippen LogP contribution < -0.4 is 10.1 Å². The zero-order chi connectivity index (χ0) is 13.4. The van der Waals surface area contributed by atoms with Gasteiger partial charge >= 0.3 is 0 Å². The molecule has 3 rings (SSSR count). The Labute approximate surface area is 127 Å². The van der Waals surface area contributed by atoms with Gasteiger partial charge in [-0.1, -0.05) is 44.0 Å². The van der Waals surface area contributed by atoms with Crippen LogP contribution in [-0.2, 0) is 4.79 Å². The van der Waals surface area contributed by atoms with E-state index in [9.17, 15) is 4.79 Å². The number of nitrogens with one attached hydrogen (secondary N) is 1. The molecule has 1 heterocycles. The molecular formula is C14H9Br2NO2. The standard InChI is InChI=1S/C14H9Br2NO2/c15-9-3-1-8(2-4-9)13-14(18)17-11-6-5-10(16)7-12(11)19-13/h1-7,13H,(H,17,18)/t13-/m0/s1. The fraction of sp³-hybridized carbons (Fsp3) is 0.0714. The third-order valence-corrected chi connectivity index (χ3v) is 3.88. The lowest BCUT2D eigenvalue weighted by molar-refractivity contribution is -0.123. The van der Waals surface area contributed by atoms with Gasteiger partial charge in [0.05, 0.1) is 5.69 Å². The summed E-state index contributed by atoms with van der Waals surface area (Å²) in [5.41, 5.74) is 1.52. The number of benzene rings is 2. The van der Waals surface area contributed by atoms with E-state index in [-0.39, 0.29) is 5.91 Å². The molecule has 2 aromatic carbocycles. The molecular weight excluding hydrogens is 374 g/mol. The van der Waals surface area contributed by atoms with Gasteiger partial charge in [-0.2, -0.15) is 0 Å². The Morgan fingerprint density at radius 3 is 2.42 bits per heavy atom. The molecule has 0 aliphatic carbocycles. The molecule has 0 fully saturated rings. The fourth-order valence-electron chi connectivity index (χ4n) is 1.93. The van der Waals surface area contributed by atoms with Crippen molar-refractivity contribution in [3.63, 3.8) is 0 Å². The van der Waals surface area contributed by atoms with Gasteiger partial charge in [0.25, 0.3) is 5.91 Å². The van der Waals surface area contributed by atoms with Crippen LogP contribution >= 0.6 is 31.9 Å². The van der Waals surface area contributed by atoms with E-state index in [1.165, 1.54) is 0 Å². The second-order valence-corrected chi connectivity index (χ2v) is 6.01. The van der Waals surface area contributed by atoms with Crippen LogP contribution in [0.3, 0.4) is 0 Å². The minimum Gasteiger partial charge on any atom is -0.474 e. The highest BCUT2D eigenvalue weighted by Crippen LogP contribution is 2.36. The number of anilines is 1. The number of ether oxygens (including phenoxy) is 1. The Morgan fingerprint density at radius 2 is 1.68 bits per heavy atom. The second kappa shape index (κ2) is 4.98. The van der Waals surface area contributed by atoms with Crippen LogP contribution in [0.15, 0.2) is 51.4 Å². The van der Waals surface area contributed by atoms with Crippen LogP contribution in [0.4, 0.5) is 5.69 Å². The van der Waals surface area contributed by atoms with Crippen LogP contribution in [0, 0.1) is 0 Å². The second-order valence-electron chi connectivity index (χ2n) is 4.18. The molecule has 2 aromatic rings. The van der Waals surface area contributed by atoms with Crippen LogP contribution in [0.1, 0.15) is 11.7 Å². The highest BCUT2D eigenvalue weighted by Gasteiger charge is 2.29. The van der Waals surface area contributed by atoms with E-state index >= 15 is 0 Å². The van der Waals surface area contributed by atoms with Crippen molar-refractivity contribution in [1.29, 1.82) is 0 Å². The molecule has 1 amide bonds. The third kappa shape index (κ3) is 2.53. The first kappa shape index (κ1) is 12.7. The van der Waals surface area contributed by atoms with Crippen LogP contribution in [0.5, 0.6) is 5.75 Å². The maximum atomic E-state index is 12.1. The lowest BCUT2D eigenvalue weighted by Crippen LogP contribution is -2.30. The Balaban J connectivity index is 1.96. The Morgan fingerprint density at radius 1 is 1.00 bits per heavy atom. The predicted molar refractivity (Wildman–Crippen MR) is 80.3 cm³/mol. The minimum absolute atomic E-state index is 0.155. The molecule has 0 bridgehead atoms. The molecule has 1 N–H and O–H groups in total. The van der Waals surface area contributed by atoms with E-state index in [4.69, 9.17) is 4.74 Å². The van der Waals surface area contributed by atoms with Crippen molar-refractivity contribution in [1.82, 2.24) is 0 Å². The summed E-state index contributed by atoms with van der Waals surface area (Å²) >= 11 is 6.76. The highest BCUT2D eigenvalue weighted by molar-refractivity contribution is 9.10. The highest BCUT2D eigenvalue weighted by atomic mass is 79.9. The van der Waals surface area contributed by atoms with Crippen molar-refractivity contribution in [2.45, 2.75) is 6.10 Å². The number of amides is 1. The summed E-state index contributed by atoms with van der Waals surface area (Å²) in [6.45, 7) is 0. The Kier molecular flexibility index (Phi) is 3.33. The molecule has 1 aliphatic heterocycles. The molecule has 0 spiro atoms. The zero-order valence-electron chi connectivity index (χ0n) is 9.69. The topological polar surface area (TPSA) is 38.3 Å². The summed E-state index contributed by atoms with van der Waals surface area (Å²) in [7, 11) is 0. The molecule has 5 heteroatoms. The first-order valence-corrected chi connectivity index (χ1v) is 7.24. The van der Waals surface area contributed by atoms with Crippen LogP contribution in [0.25, 0.3) is 0 Å². The molecule has 0 unspecified atom stereocenters. The van der Waals surface area contributed by atoms with Crippen LogP contribution in [0.2, 0.25) is 0 Å². The molecule has 1 atom stereocenters. The van der Waals surface area contributed by atoms with Gasteiger partial charge in [0.1, 0.15) is 5.75 Å². The lowest BCUT2D eigenvalue weighted by atomic mass is 10.1. The summed E-state index contributed by atoms with van der Waals surface area (Å²) in [6.07, 6.45) is -0.616. The summed E-state index contributed by atoms with van der Waals surface area (Å²) in [4.78, 5) is 12.1. The third-order valence-electron chi connectivity index (χ3n) is 2.86. The van der Waals surface area contributed by atoms with Gasteiger partial charge in [-0.15, -0.1) is 0 Å². The van der Waals surface area contributed by atoms with E-state index in [0.717, 1.165) is 14.5 Å². The minimum atomic E-state index is -0.616. The van der Waals surface area contributed by atoms with Crippen LogP contribution in [-0.4, -0.2) is 5.91 Å². The van der Waals surface area contributed by atoms with E-state index < -0.39 is 6.10 Å². The van der Waals surface area contributed by atoms with E-state index in [2.05, 4.69) is 37.2 Å². The van der Waals surface area contributed by atoms with Gasteiger partial charge in [0, 0.05) is 14.5 Å². The molecule has 0 saturated carbocycles. The fourth-order valence-corrected chi connectivity index (χ4v) is 2.54. The number of hydrogen-bond donors (Lipinski definition) is 1. The Bertz CT molecular complexity index is 640. The number of rotatable bonds is 1. The molecule has 3 nitrogen and oxygen atoms in total. The summed E-state index contributed by atoms with van der Waals surface area (Å²) in [5, 5.41) is 2.85. The number of carbonyl (C=O) groups is 1. The van der Waals surface area contributed by atoms with Crippen molar-refractivity contribution in [3.05, 3.63) is 57.0 Å². The van der Waals surface area contributed by atoms with Crippen molar-refractivity contribution in [3.8, 4) is 5.75 Å². The first-order valence-electron chi connectivity index (χ1n) is 5.66. The summed E-state index contributed by atoms with van der Waals surface area (Å²) in [5.74, 6) is 0.513. The number of halogens is 2. The molecule has 0 radical (unpaired) electrons. The maximum absolute atomic E-state index is 12.1. The maximum Gasteiger partial charge on any atom is 0.270 e. The van der Waals surface area contributed by atoms with Crippen molar-refractivity contribution in [2.75, 3.05) is 5.32 Å². The summed E-state index contributed by atoms with van der Waals surface area (Å²) in [6, 6.07) is 13.1.